The van der Waals surface area contributed by atoms with Crippen molar-refractivity contribution in [3.05, 3.63) is 11.8 Å². The summed E-state index contributed by atoms with van der Waals surface area (Å²) in [6.07, 6.45) is 1.96. The highest BCUT2D eigenvalue weighted by Crippen LogP contribution is 2.17. The molecule has 2 amide bonds. The Kier molecular flexibility index (Phi) is 8.58. The monoisotopic (exact) mass is 376 g/mol. The number of rotatable bonds is 6. The largest absolute Gasteiger partial charge is 0.360 e. The molecule has 0 radical (unpaired) electrons. The van der Waals surface area contributed by atoms with Gasteiger partial charge in [0.05, 0.1) is 11.0 Å². The van der Waals surface area contributed by atoms with Crippen LogP contribution in [0.1, 0.15) is 25.5 Å². The predicted octanol–water partition coefficient (Wildman–Crippen LogP) is 1.68. The van der Waals surface area contributed by atoms with Crippen molar-refractivity contribution >= 4 is 41.8 Å². The van der Waals surface area contributed by atoms with Gasteiger partial charge in [0, 0.05) is 19.2 Å². The van der Waals surface area contributed by atoms with E-state index in [2.05, 4.69) is 15.8 Å². The summed E-state index contributed by atoms with van der Waals surface area (Å²) < 4.78 is 4.90. The number of aryl methyl sites for hydroxylation is 1. The van der Waals surface area contributed by atoms with Crippen molar-refractivity contribution in [1.29, 1.82) is 0 Å². The third kappa shape index (κ3) is 5.99. The van der Waals surface area contributed by atoms with Gasteiger partial charge in [-0.25, -0.2) is 0 Å². The van der Waals surface area contributed by atoms with E-state index in [1.807, 2.05) is 11.9 Å². The molecule has 0 bridgehead atoms. The lowest BCUT2D eigenvalue weighted by Crippen LogP contribution is -2.44. The zero-order chi connectivity index (χ0) is 16.8. The number of nitrogens with zero attached hydrogens (tertiary/aromatic N) is 2. The van der Waals surface area contributed by atoms with Crippen LogP contribution in [0.15, 0.2) is 10.6 Å². The molecule has 2 rings (SSSR count). The van der Waals surface area contributed by atoms with Gasteiger partial charge in [-0.15, -0.1) is 24.2 Å². The van der Waals surface area contributed by atoms with Gasteiger partial charge in [0.15, 0.2) is 5.82 Å². The minimum atomic E-state index is -0.336. The second kappa shape index (κ2) is 9.90. The Balaban J connectivity index is 0.00000288. The number of piperidine rings is 1. The lowest BCUT2D eigenvalue weighted by molar-refractivity contribution is -0.129. The molecule has 0 saturated carbocycles. The first-order valence-corrected chi connectivity index (χ1v) is 8.84. The predicted molar refractivity (Wildman–Crippen MR) is 97.7 cm³/mol. The maximum atomic E-state index is 12.3. The van der Waals surface area contributed by atoms with E-state index in [0.29, 0.717) is 23.4 Å². The van der Waals surface area contributed by atoms with Crippen LogP contribution in [0.25, 0.3) is 0 Å². The molecule has 2 N–H and O–H groups in total. The summed E-state index contributed by atoms with van der Waals surface area (Å²) in [7, 11) is 1.85. The van der Waals surface area contributed by atoms with Crippen molar-refractivity contribution < 1.29 is 14.1 Å². The van der Waals surface area contributed by atoms with Crippen LogP contribution in [-0.2, 0) is 9.59 Å². The molecule has 1 aliphatic heterocycles. The molecule has 2 heterocycles. The molecule has 1 saturated heterocycles. The van der Waals surface area contributed by atoms with Gasteiger partial charge < -0.3 is 20.1 Å². The second-order valence-electron chi connectivity index (χ2n) is 5.75. The molecule has 1 unspecified atom stereocenters. The fourth-order valence-corrected chi connectivity index (χ4v) is 3.23. The lowest BCUT2D eigenvalue weighted by atomic mass is 10.1. The molecule has 9 heteroatoms. The van der Waals surface area contributed by atoms with E-state index in [0.717, 1.165) is 25.9 Å². The molecule has 1 fully saturated rings. The first-order chi connectivity index (χ1) is 11.0. The Hall–Kier alpha value is -1.25. The van der Waals surface area contributed by atoms with Crippen molar-refractivity contribution in [3.63, 3.8) is 0 Å². The number of anilines is 1. The highest BCUT2D eigenvalue weighted by atomic mass is 35.5. The number of carbonyl (C=O) groups excluding carboxylic acids is 2. The number of nitrogens with one attached hydrogen (secondary N) is 2. The van der Waals surface area contributed by atoms with Gasteiger partial charge in [-0.2, -0.15) is 0 Å². The molecular weight excluding hydrogens is 352 g/mol. The number of hydrogen-bond donors (Lipinski definition) is 2. The van der Waals surface area contributed by atoms with Crippen LogP contribution in [0.2, 0.25) is 0 Å². The molecule has 24 heavy (non-hydrogen) atoms. The van der Waals surface area contributed by atoms with E-state index in [9.17, 15) is 9.59 Å². The van der Waals surface area contributed by atoms with Crippen LogP contribution >= 0.6 is 24.2 Å². The van der Waals surface area contributed by atoms with Crippen LogP contribution in [0.5, 0.6) is 0 Å². The summed E-state index contributed by atoms with van der Waals surface area (Å²) in [5.74, 6) is 1.23. The number of aromatic nitrogens is 1. The smallest absolute Gasteiger partial charge is 0.238 e. The molecule has 0 aliphatic carbocycles. The summed E-state index contributed by atoms with van der Waals surface area (Å²) in [6.45, 7) is 5.44. The van der Waals surface area contributed by atoms with Gasteiger partial charge in [-0.3, -0.25) is 9.59 Å². The van der Waals surface area contributed by atoms with Crippen molar-refractivity contribution in [2.75, 3.05) is 31.2 Å². The normalized spacial score (nSPS) is 16.1. The molecular formula is C15H25ClN4O3S. The van der Waals surface area contributed by atoms with E-state index >= 15 is 0 Å². The number of halogens is 1. The minimum absolute atomic E-state index is 0. The topological polar surface area (TPSA) is 87.5 Å². The van der Waals surface area contributed by atoms with E-state index in [1.165, 1.54) is 11.8 Å². The minimum Gasteiger partial charge on any atom is -0.360 e. The van der Waals surface area contributed by atoms with E-state index in [4.69, 9.17) is 4.52 Å². The van der Waals surface area contributed by atoms with Crippen LogP contribution in [0.3, 0.4) is 0 Å². The standard InChI is InChI=1S/C15H24N4O3S.ClH/c1-10-8-13(18-22-10)17-15(21)11(2)23-9-14(20)19(3)12-4-6-16-7-5-12;/h8,11-12,16H,4-7,9H2,1-3H3,(H,17,18,21);1H. The molecule has 136 valence electrons. The fourth-order valence-electron chi connectivity index (χ4n) is 2.42. The lowest BCUT2D eigenvalue weighted by Gasteiger charge is -2.31. The van der Waals surface area contributed by atoms with Gasteiger partial charge in [0.1, 0.15) is 5.76 Å². The summed E-state index contributed by atoms with van der Waals surface area (Å²) in [5.41, 5.74) is 0. The Bertz CT molecular complexity index is 549. The first kappa shape index (κ1) is 20.8. The Labute approximate surface area is 152 Å². The van der Waals surface area contributed by atoms with Gasteiger partial charge in [-0.1, -0.05) is 5.16 Å². The quantitative estimate of drug-likeness (QED) is 0.785. The van der Waals surface area contributed by atoms with Gasteiger partial charge in [-0.05, 0) is 39.8 Å². The van der Waals surface area contributed by atoms with Gasteiger partial charge in [0.2, 0.25) is 11.8 Å². The number of hydrogen-bond acceptors (Lipinski definition) is 6. The van der Waals surface area contributed by atoms with Crippen LogP contribution in [0.4, 0.5) is 5.82 Å². The van der Waals surface area contributed by atoms with E-state index < -0.39 is 0 Å². The Morgan fingerprint density at radius 3 is 2.75 bits per heavy atom. The third-order valence-electron chi connectivity index (χ3n) is 3.96. The highest BCUT2D eigenvalue weighted by Gasteiger charge is 2.23. The molecule has 1 aliphatic rings. The number of carbonyl (C=O) groups is 2. The van der Waals surface area contributed by atoms with Crippen molar-refractivity contribution in [2.24, 2.45) is 0 Å². The summed E-state index contributed by atoms with van der Waals surface area (Å²) >= 11 is 1.33. The molecule has 0 spiro atoms. The second-order valence-corrected chi connectivity index (χ2v) is 7.08. The number of thioether (sulfide) groups is 1. The molecule has 1 atom stereocenters. The van der Waals surface area contributed by atoms with E-state index in [-0.39, 0.29) is 29.5 Å². The Morgan fingerprint density at radius 1 is 1.50 bits per heavy atom. The van der Waals surface area contributed by atoms with Crippen LogP contribution in [-0.4, -0.2) is 59.1 Å². The van der Waals surface area contributed by atoms with Crippen molar-refractivity contribution in [3.8, 4) is 0 Å². The average Bonchev–Trinajstić information content (AvgIpc) is 2.97. The molecule has 1 aromatic rings. The average molecular weight is 377 g/mol. The van der Waals surface area contributed by atoms with Gasteiger partial charge in [0.25, 0.3) is 0 Å². The maximum Gasteiger partial charge on any atom is 0.238 e. The third-order valence-corrected chi connectivity index (χ3v) is 5.08. The van der Waals surface area contributed by atoms with Crippen LogP contribution < -0.4 is 10.6 Å². The van der Waals surface area contributed by atoms with E-state index in [1.54, 1.807) is 19.9 Å². The molecule has 0 aromatic carbocycles. The number of amides is 2. The highest BCUT2D eigenvalue weighted by molar-refractivity contribution is 8.01. The molecule has 1 aromatic heterocycles. The van der Waals surface area contributed by atoms with Crippen molar-refractivity contribution in [1.82, 2.24) is 15.4 Å². The van der Waals surface area contributed by atoms with Crippen molar-refractivity contribution in [2.45, 2.75) is 38.0 Å². The zero-order valence-electron chi connectivity index (χ0n) is 14.2. The van der Waals surface area contributed by atoms with Crippen LogP contribution in [0, 0.1) is 6.92 Å². The zero-order valence-corrected chi connectivity index (χ0v) is 15.8. The Morgan fingerprint density at radius 2 is 2.17 bits per heavy atom. The SMILES string of the molecule is Cc1cc(NC(=O)C(C)SCC(=O)N(C)C2CCNCC2)no1.Cl. The maximum absolute atomic E-state index is 12.3. The summed E-state index contributed by atoms with van der Waals surface area (Å²) in [5, 5.41) is 9.36. The molecule has 7 nitrogen and oxygen atoms in total. The summed E-state index contributed by atoms with van der Waals surface area (Å²) in [4.78, 5) is 26.1. The first-order valence-electron chi connectivity index (χ1n) is 7.79. The van der Waals surface area contributed by atoms with Gasteiger partial charge >= 0.3 is 0 Å². The fraction of sp³-hybridized carbons (Fsp3) is 0.667. The summed E-state index contributed by atoms with van der Waals surface area (Å²) in [6, 6.07) is 1.96.